The van der Waals surface area contributed by atoms with Gasteiger partial charge in [-0.15, -0.1) is 0 Å². The van der Waals surface area contributed by atoms with E-state index in [1.165, 1.54) is 9.87 Å². The number of benzene rings is 2. The normalized spacial score (nSPS) is 18.0. The van der Waals surface area contributed by atoms with E-state index in [0.717, 1.165) is 5.56 Å². The van der Waals surface area contributed by atoms with Crippen LogP contribution in [0, 0.1) is 12.8 Å². The number of amides is 1. The second-order valence-corrected chi connectivity index (χ2v) is 9.62. The summed E-state index contributed by atoms with van der Waals surface area (Å²) in [6.45, 7) is 3.12. The summed E-state index contributed by atoms with van der Waals surface area (Å²) in [7, 11) is -3.53. The summed E-state index contributed by atoms with van der Waals surface area (Å²) in [5, 5.41) is 3.38. The first-order chi connectivity index (χ1) is 13.3. The number of carbonyl (C=O) groups excluding carboxylic acids is 1. The average molecular weight is 421 g/mol. The number of hydrogen-bond acceptors (Lipinski definition) is 3. The molecule has 0 radical (unpaired) electrons. The number of piperidine rings is 1. The quantitative estimate of drug-likeness (QED) is 0.777. The minimum atomic E-state index is -3.53. The molecule has 1 heterocycles. The smallest absolute Gasteiger partial charge is 0.224 e. The largest absolute Gasteiger partial charge is 0.352 e. The van der Waals surface area contributed by atoms with E-state index in [1.54, 1.807) is 24.3 Å². The van der Waals surface area contributed by atoms with E-state index in [9.17, 15) is 13.2 Å². The molecule has 1 aliphatic rings. The van der Waals surface area contributed by atoms with Crippen LogP contribution in [0.4, 0.5) is 0 Å². The number of halogens is 1. The zero-order valence-electron chi connectivity index (χ0n) is 15.9. The van der Waals surface area contributed by atoms with Crippen LogP contribution < -0.4 is 5.32 Å². The van der Waals surface area contributed by atoms with Gasteiger partial charge in [0.1, 0.15) is 0 Å². The lowest BCUT2D eigenvalue weighted by molar-refractivity contribution is -0.126. The molecule has 28 heavy (non-hydrogen) atoms. The average Bonchev–Trinajstić information content (AvgIpc) is 2.69. The van der Waals surface area contributed by atoms with Gasteiger partial charge in [0.05, 0.1) is 11.7 Å². The van der Waals surface area contributed by atoms with Crippen LogP contribution in [-0.2, 0) is 27.1 Å². The molecule has 150 valence electrons. The Bertz CT molecular complexity index is 929. The summed E-state index contributed by atoms with van der Waals surface area (Å²) >= 11 is 6.11. The van der Waals surface area contributed by atoms with Gasteiger partial charge in [0.25, 0.3) is 0 Å². The van der Waals surface area contributed by atoms with E-state index in [2.05, 4.69) is 5.32 Å². The molecule has 0 unspecified atom stereocenters. The van der Waals surface area contributed by atoms with Crippen LogP contribution in [0.3, 0.4) is 0 Å². The molecule has 0 aliphatic carbocycles. The Kier molecular flexibility index (Phi) is 6.75. The monoisotopic (exact) mass is 420 g/mol. The van der Waals surface area contributed by atoms with Crippen molar-refractivity contribution < 1.29 is 13.2 Å². The number of rotatable bonds is 6. The first kappa shape index (κ1) is 20.8. The van der Waals surface area contributed by atoms with Crippen LogP contribution in [0.5, 0.6) is 0 Å². The van der Waals surface area contributed by atoms with Crippen LogP contribution in [-0.4, -0.2) is 31.7 Å². The highest BCUT2D eigenvalue weighted by Crippen LogP contribution is 2.24. The Labute approximate surface area is 171 Å². The zero-order chi connectivity index (χ0) is 20.1. The van der Waals surface area contributed by atoms with Gasteiger partial charge in [0, 0.05) is 24.7 Å². The van der Waals surface area contributed by atoms with Crippen molar-refractivity contribution in [1.82, 2.24) is 9.62 Å². The highest BCUT2D eigenvalue weighted by Gasteiger charge is 2.32. The van der Waals surface area contributed by atoms with Gasteiger partial charge in [0.15, 0.2) is 0 Å². The van der Waals surface area contributed by atoms with Crippen molar-refractivity contribution in [3.8, 4) is 0 Å². The number of aryl methyl sites for hydroxylation is 1. The Hall–Kier alpha value is -1.89. The Morgan fingerprint density at radius 1 is 1.18 bits per heavy atom. The van der Waals surface area contributed by atoms with Crippen molar-refractivity contribution in [2.75, 3.05) is 13.1 Å². The molecule has 1 N–H and O–H groups in total. The van der Waals surface area contributed by atoms with Crippen LogP contribution in [0.1, 0.15) is 29.5 Å². The van der Waals surface area contributed by atoms with Crippen molar-refractivity contribution in [2.45, 2.75) is 32.1 Å². The highest BCUT2D eigenvalue weighted by atomic mass is 35.5. The predicted octanol–water partition coefficient (Wildman–Crippen LogP) is 3.51. The molecule has 0 bridgehead atoms. The second kappa shape index (κ2) is 9.07. The fourth-order valence-electron chi connectivity index (χ4n) is 3.35. The topological polar surface area (TPSA) is 66.5 Å². The van der Waals surface area contributed by atoms with Gasteiger partial charge in [-0.2, -0.15) is 0 Å². The van der Waals surface area contributed by atoms with E-state index in [4.69, 9.17) is 11.6 Å². The molecule has 2 aromatic carbocycles. The summed E-state index contributed by atoms with van der Waals surface area (Å²) in [4.78, 5) is 12.6. The third-order valence-electron chi connectivity index (χ3n) is 5.03. The second-order valence-electron chi connectivity index (χ2n) is 7.25. The molecule has 1 saturated heterocycles. The third-order valence-corrected chi connectivity index (χ3v) is 7.19. The fourth-order valence-corrected chi connectivity index (χ4v) is 5.28. The van der Waals surface area contributed by atoms with E-state index in [-0.39, 0.29) is 24.1 Å². The number of hydrogen-bond donors (Lipinski definition) is 1. The molecule has 7 heteroatoms. The third kappa shape index (κ3) is 5.34. The predicted molar refractivity (Wildman–Crippen MR) is 111 cm³/mol. The first-order valence-electron chi connectivity index (χ1n) is 9.39. The number of carbonyl (C=O) groups is 1. The molecular formula is C21H25ClN2O3S. The molecule has 0 aromatic heterocycles. The molecule has 0 saturated carbocycles. The SMILES string of the molecule is Cc1ccc(CNC(=O)[C@@H]2CCCN(S(=O)(=O)Cc3ccccc3Cl)C2)cc1. The van der Waals surface area contributed by atoms with Gasteiger partial charge in [-0.1, -0.05) is 59.6 Å². The molecule has 1 fully saturated rings. The van der Waals surface area contributed by atoms with E-state index in [1.807, 2.05) is 31.2 Å². The maximum atomic E-state index is 12.8. The number of nitrogens with zero attached hydrogens (tertiary/aromatic N) is 1. The number of sulfonamides is 1. The summed E-state index contributed by atoms with van der Waals surface area (Å²) in [5.41, 5.74) is 2.77. The molecule has 1 amide bonds. The minimum absolute atomic E-state index is 0.0989. The van der Waals surface area contributed by atoms with E-state index in [0.29, 0.717) is 36.5 Å². The Balaban J connectivity index is 1.60. The van der Waals surface area contributed by atoms with E-state index >= 15 is 0 Å². The lowest BCUT2D eigenvalue weighted by atomic mass is 9.98. The molecule has 3 rings (SSSR count). The fraction of sp³-hybridized carbons (Fsp3) is 0.381. The highest BCUT2D eigenvalue weighted by molar-refractivity contribution is 7.88. The number of nitrogens with one attached hydrogen (secondary N) is 1. The molecule has 0 spiro atoms. The lowest BCUT2D eigenvalue weighted by Crippen LogP contribution is -2.45. The maximum absolute atomic E-state index is 12.8. The van der Waals surface area contributed by atoms with Crippen LogP contribution in [0.25, 0.3) is 0 Å². The standard InChI is InChI=1S/C21H25ClN2O3S/c1-16-8-10-17(11-9-16)13-23-21(25)18-6-4-12-24(14-18)28(26,27)15-19-5-2-3-7-20(19)22/h2-3,5,7-11,18H,4,6,12-15H2,1H3,(H,23,25)/t18-/m1/s1. The van der Waals surface area contributed by atoms with E-state index < -0.39 is 10.0 Å². The summed E-state index contributed by atoms with van der Waals surface area (Å²) in [5.74, 6) is -0.580. The van der Waals surface area contributed by atoms with Gasteiger partial charge < -0.3 is 5.32 Å². The van der Waals surface area contributed by atoms with Gasteiger partial charge in [-0.3, -0.25) is 4.79 Å². The summed E-state index contributed by atoms with van der Waals surface area (Å²) in [6.07, 6.45) is 1.36. The Morgan fingerprint density at radius 3 is 2.61 bits per heavy atom. The van der Waals surface area contributed by atoms with Crippen molar-refractivity contribution >= 4 is 27.5 Å². The van der Waals surface area contributed by atoms with Gasteiger partial charge in [0.2, 0.25) is 15.9 Å². The van der Waals surface area contributed by atoms with Gasteiger partial charge in [-0.05, 0) is 37.0 Å². The van der Waals surface area contributed by atoms with Crippen molar-refractivity contribution in [3.63, 3.8) is 0 Å². The summed E-state index contributed by atoms with van der Waals surface area (Å²) in [6, 6.07) is 14.9. The molecule has 2 aromatic rings. The van der Waals surface area contributed by atoms with Crippen molar-refractivity contribution in [1.29, 1.82) is 0 Å². The Morgan fingerprint density at radius 2 is 1.89 bits per heavy atom. The lowest BCUT2D eigenvalue weighted by Gasteiger charge is -2.31. The minimum Gasteiger partial charge on any atom is -0.352 e. The molecule has 5 nitrogen and oxygen atoms in total. The summed E-state index contributed by atoms with van der Waals surface area (Å²) < 4.78 is 27.1. The zero-order valence-corrected chi connectivity index (χ0v) is 17.5. The molecule has 1 aliphatic heterocycles. The van der Waals surface area contributed by atoms with Gasteiger partial charge in [-0.25, -0.2) is 12.7 Å². The van der Waals surface area contributed by atoms with Crippen LogP contribution in [0.2, 0.25) is 5.02 Å². The maximum Gasteiger partial charge on any atom is 0.224 e. The van der Waals surface area contributed by atoms with Crippen molar-refractivity contribution in [3.05, 3.63) is 70.2 Å². The molecule has 1 atom stereocenters. The van der Waals surface area contributed by atoms with Gasteiger partial charge >= 0.3 is 0 Å². The van der Waals surface area contributed by atoms with Crippen LogP contribution >= 0.6 is 11.6 Å². The van der Waals surface area contributed by atoms with Crippen molar-refractivity contribution in [2.24, 2.45) is 5.92 Å². The first-order valence-corrected chi connectivity index (χ1v) is 11.4. The van der Waals surface area contributed by atoms with Crippen LogP contribution in [0.15, 0.2) is 48.5 Å². The molecular weight excluding hydrogens is 396 g/mol.